The van der Waals surface area contributed by atoms with Crippen molar-refractivity contribution in [3.63, 3.8) is 0 Å². The van der Waals surface area contributed by atoms with Gasteiger partial charge in [0.2, 0.25) is 0 Å². The van der Waals surface area contributed by atoms with E-state index in [2.05, 4.69) is 5.32 Å². The number of hydrogen-bond acceptors (Lipinski definition) is 4. The number of benzene rings is 1. The first kappa shape index (κ1) is 17.4. The van der Waals surface area contributed by atoms with Gasteiger partial charge in [-0.2, -0.15) is 0 Å². The summed E-state index contributed by atoms with van der Waals surface area (Å²) in [6.07, 6.45) is 0.144. The van der Waals surface area contributed by atoms with Gasteiger partial charge in [0.1, 0.15) is 17.1 Å². The van der Waals surface area contributed by atoms with E-state index >= 15 is 0 Å². The van der Waals surface area contributed by atoms with E-state index in [1.165, 1.54) is 12.1 Å². The van der Waals surface area contributed by atoms with Crippen LogP contribution in [0.5, 0.6) is 5.75 Å². The smallest absolute Gasteiger partial charge is 0.326 e. The zero-order valence-corrected chi connectivity index (χ0v) is 13.3. The molecule has 0 aromatic heterocycles. The van der Waals surface area contributed by atoms with Crippen molar-refractivity contribution >= 4 is 5.97 Å². The van der Waals surface area contributed by atoms with Crippen LogP contribution in [0.25, 0.3) is 0 Å². The maximum Gasteiger partial charge on any atom is 0.326 e. The molecule has 0 aliphatic rings. The number of halogens is 1. The highest BCUT2D eigenvalue weighted by Crippen LogP contribution is 2.23. The van der Waals surface area contributed by atoms with E-state index in [1.807, 2.05) is 13.8 Å². The third-order valence-electron chi connectivity index (χ3n) is 3.45. The maximum atomic E-state index is 13.3. The molecule has 1 N–H and O–H groups in total. The van der Waals surface area contributed by atoms with Crippen molar-refractivity contribution in [3.05, 3.63) is 29.6 Å². The third-order valence-corrected chi connectivity index (χ3v) is 3.45. The van der Waals surface area contributed by atoms with E-state index in [0.29, 0.717) is 18.8 Å². The molecule has 0 aliphatic carbocycles. The Hall–Kier alpha value is -1.62. The Morgan fingerprint density at radius 1 is 1.48 bits per heavy atom. The van der Waals surface area contributed by atoms with Crippen LogP contribution in [-0.2, 0) is 9.53 Å². The van der Waals surface area contributed by atoms with Gasteiger partial charge in [-0.05, 0) is 46.4 Å². The van der Waals surface area contributed by atoms with Crippen LogP contribution >= 0.6 is 0 Å². The SMILES string of the molecule is CCOC(=O)C(C)(CC(C)Oc1cc(F)ccc1C)NC. The highest BCUT2D eigenvalue weighted by molar-refractivity contribution is 5.80. The molecule has 0 saturated heterocycles. The molecule has 0 amide bonds. The predicted molar refractivity (Wildman–Crippen MR) is 79.9 cm³/mol. The van der Waals surface area contributed by atoms with Crippen LogP contribution < -0.4 is 10.1 Å². The summed E-state index contributed by atoms with van der Waals surface area (Å²) in [7, 11) is 1.71. The predicted octanol–water partition coefficient (Wildman–Crippen LogP) is 2.83. The van der Waals surface area contributed by atoms with Crippen molar-refractivity contribution < 1.29 is 18.7 Å². The van der Waals surface area contributed by atoms with E-state index < -0.39 is 5.54 Å². The Labute approximate surface area is 125 Å². The standard InChI is InChI=1S/C16H24FNO3/c1-6-20-15(19)16(4,18-5)10-12(3)21-14-9-13(17)8-7-11(14)2/h7-9,12,18H,6,10H2,1-5H3. The molecule has 1 aromatic rings. The lowest BCUT2D eigenvalue weighted by Gasteiger charge is -2.30. The second kappa shape index (κ2) is 7.41. The largest absolute Gasteiger partial charge is 0.490 e. The fourth-order valence-corrected chi connectivity index (χ4v) is 2.11. The molecule has 0 fully saturated rings. The molecule has 1 rings (SSSR count). The molecule has 5 heteroatoms. The Kier molecular flexibility index (Phi) is 6.15. The van der Waals surface area contributed by atoms with Gasteiger partial charge in [-0.1, -0.05) is 6.07 Å². The van der Waals surface area contributed by atoms with Crippen LogP contribution in [0, 0.1) is 12.7 Å². The Bertz CT molecular complexity index is 492. The lowest BCUT2D eigenvalue weighted by atomic mass is 9.95. The van der Waals surface area contributed by atoms with Gasteiger partial charge in [-0.3, -0.25) is 4.79 Å². The Morgan fingerprint density at radius 2 is 2.14 bits per heavy atom. The van der Waals surface area contributed by atoms with Gasteiger partial charge in [-0.15, -0.1) is 0 Å². The molecule has 1 aromatic carbocycles. The fraction of sp³-hybridized carbons (Fsp3) is 0.562. The molecule has 2 unspecified atom stereocenters. The molecule has 21 heavy (non-hydrogen) atoms. The number of rotatable bonds is 7. The van der Waals surface area contributed by atoms with Crippen LogP contribution in [0.15, 0.2) is 18.2 Å². The van der Waals surface area contributed by atoms with E-state index in [4.69, 9.17) is 9.47 Å². The van der Waals surface area contributed by atoms with Gasteiger partial charge in [0.25, 0.3) is 0 Å². The number of carbonyl (C=O) groups is 1. The number of esters is 1. The fourth-order valence-electron chi connectivity index (χ4n) is 2.11. The minimum atomic E-state index is -0.837. The monoisotopic (exact) mass is 297 g/mol. The van der Waals surface area contributed by atoms with Gasteiger partial charge < -0.3 is 14.8 Å². The number of aryl methyl sites for hydroxylation is 1. The van der Waals surface area contributed by atoms with Crippen molar-refractivity contribution in [2.45, 2.75) is 45.8 Å². The highest BCUT2D eigenvalue weighted by atomic mass is 19.1. The summed E-state index contributed by atoms with van der Waals surface area (Å²) in [5.41, 5.74) is 0.0157. The summed E-state index contributed by atoms with van der Waals surface area (Å²) in [6, 6.07) is 4.41. The minimum Gasteiger partial charge on any atom is -0.490 e. The first-order chi connectivity index (χ1) is 9.82. The van der Waals surface area contributed by atoms with Crippen molar-refractivity contribution in [2.24, 2.45) is 0 Å². The van der Waals surface area contributed by atoms with E-state index in [9.17, 15) is 9.18 Å². The van der Waals surface area contributed by atoms with Gasteiger partial charge in [0, 0.05) is 12.5 Å². The zero-order chi connectivity index (χ0) is 16.0. The number of nitrogens with one attached hydrogen (secondary N) is 1. The second-order valence-electron chi connectivity index (χ2n) is 5.34. The highest BCUT2D eigenvalue weighted by Gasteiger charge is 2.35. The molecule has 0 spiro atoms. The van der Waals surface area contributed by atoms with Gasteiger partial charge in [0.15, 0.2) is 0 Å². The lowest BCUT2D eigenvalue weighted by molar-refractivity contribution is -0.151. The first-order valence-corrected chi connectivity index (χ1v) is 7.11. The van der Waals surface area contributed by atoms with Crippen LogP contribution in [0.2, 0.25) is 0 Å². The first-order valence-electron chi connectivity index (χ1n) is 7.11. The lowest BCUT2D eigenvalue weighted by Crippen LogP contribution is -2.51. The summed E-state index contributed by atoms with van der Waals surface area (Å²) in [5.74, 6) is -0.173. The molecule has 0 heterocycles. The number of likely N-dealkylation sites (N-methyl/N-ethyl adjacent to an activating group) is 1. The van der Waals surface area contributed by atoms with Crippen LogP contribution in [0.4, 0.5) is 4.39 Å². The molecule has 0 radical (unpaired) electrons. The molecule has 0 aliphatic heterocycles. The van der Waals surface area contributed by atoms with Gasteiger partial charge in [0.05, 0.1) is 12.7 Å². The quantitative estimate of drug-likeness (QED) is 0.786. The van der Waals surface area contributed by atoms with E-state index in [1.54, 1.807) is 27.0 Å². The van der Waals surface area contributed by atoms with Gasteiger partial charge >= 0.3 is 5.97 Å². The number of hydrogen-bond donors (Lipinski definition) is 1. The molecular formula is C16H24FNO3. The molecule has 4 nitrogen and oxygen atoms in total. The average Bonchev–Trinajstić information content (AvgIpc) is 2.42. The zero-order valence-electron chi connectivity index (χ0n) is 13.3. The Morgan fingerprint density at radius 3 is 2.71 bits per heavy atom. The third kappa shape index (κ3) is 4.70. The average molecular weight is 297 g/mol. The summed E-state index contributed by atoms with van der Waals surface area (Å²) in [6.45, 7) is 7.56. The van der Waals surface area contributed by atoms with Crippen molar-refractivity contribution in [1.29, 1.82) is 0 Å². The minimum absolute atomic E-state index is 0.271. The van der Waals surface area contributed by atoms with Crippen molar-refractivity contribution in [1.82, 2.24) is 5.32 Å². The van der Waals surface area contributed by atoms with E-state index in [0.717, 1.165) is 5.56 Å². The van der Waals surface area contributed by atoms with Crippen LogP contribution in [-0.4, -0.2) is 31.3 Å². The molecular weight excluding hydrogens is 273 g/mol. The van der Waals surface area contributed by atoms with Gasteiger partial charge in [-0.25, -0.2) is 4.39 Å². The Balaban J connectivity index is 2.77. The number of carbonyl (C=O) groups excluding carboxylic acids is 1. The summed E-state index contributed by atoms with van der Waals surface area (Å²) >= 11 is 0. The van der Waals surface area contributed by atoms with Crippen molar-refractivity contribution in [3.8, 4) is 5.75 Å². The summed E-state index contributed by atoms with van der Waals surface area (Å²) in [4.78, 5) is 12.0. The maximum absolute atomic E-state index is 13.3. The van der Waals surface area contributed by atoms with Crippen molar-refractivity contribution in [2.75, 3.05) is 13.7 Å². The molecule has 118 valence electrons. The topological polar surface area (TPSA) is 47.6 Å². The molecule has 0 bridgehead atoms. The second-order valence-corrected chi connectivity index (χ2v) is 5.34. The normalized spacial score (nSPS) is 15.1. The summed E-state index contributed by atoms with van der Waals surface area (Å²) < 4.78 is 24.1. The molecule has 2 atom stereocenters. The molecule has 0 saturated carbocycles. The van der Waals surface area contributed by atoms with E-state index in [-0.39, 0.29) is 17.9 Å². The van der Waals surface area contributed by atoms with Crippen LogP contribution in [0.3, 0.4) is 0 Å². The summed E-state index contributed by atoms with van der Waals surface area (Å²) in [5, 5.41) is 2.98. The number of ether oxygens (including phenoxy) is 2. The van der Waals surface area contributed by atoms with Crippen LogP contribution in [0.1, 0.15) is 32.8 Å².